The largest absolute Gasteiger partial charge is 0.481 e. The first-order chi connectivity index (χ1) is 14.3. The first-order valence-corrected chi connectivity index (χ1v) is 11.4. The molecule has 9 heteroatoms. The Kier molecular flexibility index (Phi) is 6.94. The number of piperazine rings is 1. The Morgan fingerprint density at radius 2 is 1.80 bits per heavy atom. The summed E-state index contributed by atoms with van der Waals surface area (Å²) >= 11 is 0. The minimum Gasteiger partial charge on any atom is -0.481 e. The maximum absolute atomic E-state index is 12.9. The molecule has 1 N–H and O–H groups in total. The van der Waals surface area contributed by atoms with Gasteiger partial charge in [-0.1, -0.05) is 26.0 Å². The molecule has 162 valence electrons. The molecule has 2 amide bonds. The van der Waals surface area contributed by atoms with Crippen LogP contribution in [0.1, 0.15) is 30.9 Å². The van der Waals surface area contributed by atoms with E-state index in [0.717, 1.165) is 11.1 Å². The van der Waals surface area contributed by atoms with E-state index in [4.69, 9.17) is 4.74 Å². The van der Waals surface area contributed by atoms with Gasteiger partial charge in [0.25, 0.3) is 0 Å². The van der Waals surface area contributed by atoms with Crippen LogP contribution in [0.2, 0.25) is 0 Å². The highest BCUT2D eigenvalue weighted by Crippen LogP contribution is 2.21. The lowest BCUT2D eigenvalue weighted by Gasteiger charge is -2.34. The van der Waals surface area contributed by atoms with E-state index in [0.29, 0.717) is 31.4 Å². The van der Waals surface area contributed by atoms with E-state index in [1.807, 2.05) is 12.1 Å². The molecule has 0 unspecified atom stereocenters. The smallest absolute Gasteiger partial charge is 0.317 e. The summed E-state index contributed by atoms with van der Waals surface area (Å²) < 4.78 is 32.3. The van der Waals surface area contributed by atoms with Crippen LogP contribution < -0.4 is 10.1 Å². The molecule has 30 heavy (non-hydrogen) atoms. The molecule has 1 aromatic carbocycles. The Hall–Kier alpha value is -2.65. The van der Waals surface area contributed by atoms with Gasteiger partial charge in [-0.25, -0.2) is 18.2 Å². The fourth-order valence-electron chi connectivity index (χ4n) is 3.27. The van der Waals surface area contributed by atoms with Gasteiger partial charge in [0.2, 0.25) is 15.9 Å². The number of benzene rings is 1. The number of urea groups is 1. The molecule has 0 saturated carbocycles. The Bertz CT molecular complexity index is 969. The van der Waals surface area contributed by atoms with Gasteiger partial charge in [-0.3, -0.25) is 0 Å². The molecular weight excluding hydrogens is 404 g/mol. The Morgan fingerprint density at radius 1 is 1.13 bits per heavy atom. The number of hydrogen-bond donors (Lipinski definition) is 1. The standard InChI is InChI=1S/C21H28N4O4S/c1-16(2)18-4-6-19(7-5-18)30(27,28)25-12-10-24(11-13-25)21(26)23-15-17-8-9-22-20(14-17)29-3/h4-9,14,16H,10-13,15H2,1-3H3,(H,23,26). The van der Waals surface area contributed by atoms with E-state index < -0.39 is 10.0 Å². The molecule has 2 heterocycles. The van der Waals surface area contributed by atoms with Crippen molar-refractivity contribution in [3.63, 3.8) is 0 Å². The number of ether oxygens (including phenoxy) is 1. The third-order valence-corrected chi connectivity index (χ3v) is 7.08. The van der Waals surface area contributed by atoms with Crippen molar-refractivity contribution >= 4 is 16.1 Å². The molecule has 0 bridgehead atoms. The number of pyridine rings is 1. The summed E-state index contributed by atoms with van der Waals surface area (Å²) in [5.41, 5.74) is 1.98. The summed E-state index contributed by atoms with van der Waals surface area (Å²) in [6, 6.07) is 10.4. The monoisotopic (exact) mass is 432 g/mol. The van der Waals surface area contributed by atoms with Gasteiger partial charge >= 0.3 is 6.03 Å². The fraction of sp³-hybridized carbons (Fsp3) is 0.429. The molecular formula is C21H28N4O4S. The summed E-state index contributed by atoms with van der Waals surface area (Å²) in [6.45, 7) is 5.70. The highest BCUT2D eigenvalue weighted by Gasteiger charge is 2.30. The number of carbonyl (C=O) groups is 1. The van der Waals surface area contributed by atoms with Gasteiger partial charge in [0, 0.05) is 45.0 Å². The van der Waals surface area contributed by atoms with Crippen LogP contribution in [0.4, 0.5) is 4.79 Å². The van der Waals surface area contributed by atoms with Gasteiger partial charge in [-0.15, -0.1) is 0 Å². The van der Waals surface area contributed by atoms with Crippen molar-refractivity contribution in [2.24, 2.45) is 0 Å². The average molecular weight is 433 g/mol. The predicted molar refractivity (Wildman–Crippen MR) is 114 cm³/mol. The topological polar surface area (TPSA) is 91.8 Å². The van der Waals surface area contributed by atoms with Gasteiger partial charge in [0.1, 0.15) is 0 Å². The van der Waals surface area contributed by atoms with Crippen LogP contribution in [-0.2, 0) is 16.6 Å². The maximum atomic E-state index is 12.9. The molecule has 0 aliphatic carbocycles. The minimum absolute atomic E-state index is 0.218. The maximum Gasteiger partial charge on any atom is 0.317 e. The SMILES string of the molecule is COc1cc(CNC(=O)N2CCN(S(=O)(=O)c3ccc(C(C)C)cc3)CC2)ccn1. The van der Waals surface area contributed by atoms with E-state index in [1.165, 1.54) is 11.4 Å². The zero-order chi connectivity index (χ0) is 21.7. The van der Waals surface area contributed by atoms with Crippen molar-refractivity contribution in [1.29, 1.82) is 0 Å². The molecule has 1 aliphatic rings. The number of nitrogens with zero attached hydrogens (tertiary/aromatic N) is 3. The van der Waals surface area contributed by atoms with Gasteiger partial charge in [0.15, 0.2) is 0 Å². The van der Waals surface area contributed by atoms with Crippen LogP contribution in [0.15, 0.2) is 47.5 Å². The second kappa shape index (κ2) is 9.44. The van der Waals surface area contributed by atoms with Crippen LogP contribution in [-0.4, -0.2) is 61.9 Å². The number of amides is 2. The highest BCUT2D eigenvalue weighted by atomic mass is 32.2. The molecule has 8 nitrogen and oxygen atoms in total. The summed E-state index contributed by atoms with van der Waals surface area (Å²) in [5.74, 6) is 0.832. The number of aromatic nitrogens is 1. The second-order valence-corrected chi connectivity index (χ2v) is 9.42. The number of carbonyl (C=O) groups excluding carboxylic acids is 1. The van der Waals surface area contributed by atoms with E-state index in [2.05, 4.69) is 24.1 Å². The minimum atomic E-state index is -3.56. The molecule has 3 rings (SSSR count). The van der Waals surface area contributed by atoms with E-state index in [9.17, 15) is 13.2 Å². The van der Waals surface area contributed by atoms with Gasteiger partial charge in [-0.05, 0) is 35.2 Å². The van der Waals surface area contributed by atoms with E-state index in [1.54, 1.807) is 35.4 Å². The molecule has 0 atom stereocenters. The lowest BCUT2D eigenvalue weighted by atomic mass is 10.0. The normalized spacial score (nSPS) is 15.3. The van der Waals surface area contributed by atoms with Crippen molar-refractivity contribution in [3.05, 3.63) is 53.7 Å². The Labute approximate surface area is 177 Å². The van der Waals surface area contributed by atoms with Crippen LogP contribution in [0.25, 0.3) is 0 Å². The van der Waals surface area contributed by atoms with Crippen molar-refractivity contribution < 1.29 is 17.9 Å². The second-order valence-electron chi connectivity index (χ2n) is 7.48. The zero-order valence-corrected chi connectivity index (χ0v) is 18.4. The predicted octanol–water partition coefficient (Wildman–Crippen LogP) is 2.43. The first-order valence-electron chi connectivity index (χ1n) is 9.93. The molecule has 1 fully saturated rings. The van der Waals surface area contributed by atoms with Crippen molar-refractivity contribution in [1.82, 2.24) is 19.5 Å². The Morgan fingerprint density at radius 3 is 2.40 bits per heavy atom. The van der Waals surface area contributed by atoms with E-state index in [-0.39, 0.29) is 24.0 Å². The van der Waals surface area contributed by atoms with Crippen LogP contribution in [0.5, 0.6) is 5.88 Å². The molecule has 2 aromatic rings. The zero-order valence-electron chi connectivity index (χ0n) is 17.5. The number of sulfonamides is 1. The summed E-state index contributed by atoms with van der Waals surface area (Å²) in [7, 11) is -2.02. The number of nitrogens with one attached hydrogen (secondary N) is 1. The van der Waals surface area contributed by atoms with Crippen molar-refractivity contribution in [3.8, 4) is 5.88 Å². The molecule has 0 radical (unpaired) electrons. The fourth-order valence-corrected chi connectivity index (χ4v) is 4.69. The third kappa shape index (κ3) is 5.09. The number of methoxy groups -OCH3 is 1. The highest BCUT2D eigenvalue weighted by molar-refractivity contribution is 7.89. The summed E-state index contributed by atoms with van der Waals surface area (Å²) in [4.78, 5) is 18.4. The summed E-state index contributed by atoms with van der Waals surface area (Å²) in [6.07, 6.45) is 1.62. The van der Waals surface area contributed by atoms with Gasteiger partial charge in [-0.2, -0.15) is 4.31 Å². The van der Waals surface area contributed by atoms with Gasteiger partial charge < -0.3 is 15.0 Å². The van der Waals surface area contributed by atoms with Crippen LogP contribution in [0.3, 0.4) is 0 Å². The first kappa shape index (κ1) is 22.0. The average Bonchev–Trinajstić information content (AvgIpc) is 2.77. The van der Waals surface area contributed by atoms with Crippen molar-refractivity contribution in [2.75, 3.05) is 33.3 Å². The summed E-state index contributed by atoms with van der Waals surface area (Å²) in [5, 5.41) is 2.86. The quantitative estimate of drug-likeness (QED) is 0.757. The molecule has 1 aliphatic heterocycles. The number of rotatable bonds is 6. The Balaban J connectivity index is 1.54. The molecule has 0 spiro atoms. The number of hydrogen-bond acceptors (Lipinski definition) is 5. The van der Waals surface area contributed by atoms with E-state index >= 15 is 0 Å². The van der Waals surface area contributed by atoms with Crippen molar-refractivity contribution in [2.45, 2.75) is 31.2 Å². The molecule has 1 aromatic heterocycles. The van der Waals surface area contributed by atoms with Crippen LogP contribution in [0, 0.1) is 0 Å². The van der Waals surface area contributed by atoms with Gasteiger partial charge in [0.05, 0.1) is 12.0 Å². The lowest BCUT2D eigenvalue weighted by molar-refractivity contribution is 0.172. The van der Waals surface area contributed by atoms with Crippen LogP contribution >= 0.6 is 0 Å². The third-order valence-electron chi connectivity index (χ3n) is 5.16. The lowest BCUT2D eigenvalue weighted by Crippen LogP contribution is -2.52. The molecule has 1 saturated heterocycles.